The number of hydrogen-bond donors (Lipinski definition) is 1. The average Bonchev–Trinajstić information content (AvgIpc) is 2.88. The van der Waals surface area contributed by atoms with Gasteiger partial charge in [-0.2, -0.15) is 0 Å². The quantitative estimate of drug-likeness (QED) is 0.731. The van der Waals surface area contributed by atoms with Crippen LogP contribution in [-0.4, -0.2) is 9.97 Å². The minimum absolute atomic E-state index is 0.564. The fourth-order valence-corrected chi connectivity index (χ4v) is 2.52. The lowest BCUT2D eigenvalue weighted by Crippen LogP contribution is -1.97. The maximum absolute atomic E-state index is 5.82. The van der Waals surface area contributed by atoms with Crippen LogP contribution in [0.2, 0.25) is 0 Å². The summed E-state index contributed by atoms with van der Waals surface area (Å²) in [4.78, 5) is 7.42. The summed E-state index contributed by atoms with van der Waals surface area (Å²) in [6.07, 6.45) is 3.66. The van der Waals surface area contributed by atoms with Crippen LogP contribution < -0.4 is 4.74 Å². The van der Waals surface area contributed by atoms with Crippen molar-refractivity contribution in [2.45, 2.75) is 6.61 Å². The molecule has 0 unspecified atom stereocenters. The number of aromatic nitrogens is 2. The second kappa shape index (κ2) is 4.97. The van der Waals surface area contributed by atoms with Crippen LogP contribution in [0.15, 0.2) is 48.8 Å². The van der Waals surface area contributed by atoms with E-state index < -0.39 is 0 Å². The van der Waals surface area contributed by atoms with E-state index in [2.05, 4.69) is 44.7 Å². The van der Waals surface area contributed by atoms with Crippen molar-refractivity contribution in [3.05, 3.63) is 57.9 Å². The fourth-order valence-electron chi connectivity index (χ4n) is 1.79. The number of benzene rings is 1. The number of nitrogens with one attached hydrogen (secondary N) is 1. The van der Waals surface area contributed by atoms with E-state index in [1.165, 1.54) is 0 Å². The molecule has 4 heteroatoms. The molecule has 18 heavy (non-hydrogen) atoms. The van der Waals surface area contributed by atoms with Crippen molar-refractivity contribution in [3.63, 3.8) is 0 Å². The summed E-state index contributed by atoms with van der Waals surface area (Å²) in [6.45, 7) is 0.564. The largest absolute Gasteiger partial charge is 0.486 e. The molecule has 0 spiro atoms. The van der Waals surface area contributed by atoms with E-state index in [1.54, 1.807) is 6.20 Å². The van der Waals surface area contributed by atoms with Gasteiger partial charge >= 0.3 is 0 Å². The number of halogens is 1. The van der Waals surface area contributed by atoms with E-state index in [9.17, 15) is 0 Å². The van der Waals surface area contributed by atoms with Crippen LogP contribution >= 0.6 is 22.6 Å². The highest BCUT2D eigenvalue weighted by Crippen LogP contribution is 2.27. The summed E-state index contributed by atoms with van der Waals surface area (Å²) in [5.41, 5.74) is 2.05. The highest BCUT2D eigenvalue weighted by molar-refractivity contribution is 14.1. The SMILES string of the molecule is Ic1c(OCc2ccccc2)cnc2[nH]ccc12. The molecule has 0 radical (unpaired) electrons. The van der Waals surface area contributed by atoms with E-state index in [0.29, 0.717) is 6.61 Å². The van der Waals surface area contributed by atoms with E-state index >= 15 is 0 Å². The zero-order valence-corrected chi connectivity index (χ0v) is 11.7. The zero-order chi connectivity index (χ0) is 12.4. The van der Waals surface area contributed by atoms with E-state index in [0.717, 1.165) is 25.9 Å². The minimum Gasteiger partial charge on any atom is -0.486 e. The molecule has 3 nitrogen and oxygen atoms in total. The number of hydrogen-bond acceptors (Lipinski definition) is 2. The van der Waals surface area contributed by atoms with Gasteiger partial charge in [-0.05, 0) is 34.2 Å². The lowest BCUT2D eigenvalue weighted by atomic mass is 10.2. The van der Waals surface area contributed by atoms with E-state index in [-0.39, 0.29) is 0 Å². The molecule has 0 fully saturated rings. The third-order valence-corrected chi connectivity index (χ3v) is 3.84. The van der Waals surface area contributed by atoms with Crippen molar-refractivity contribution in [3.8, 4) is 5.75 Å². The van der Waals surface area contributed by atoms with Gasteiger partial charge in [0.05, 0.1) is 9.77 Å². The topological polar surface area (TPSA) is 37.9 Å². The maximum atomic E-state index is 5.82. The Morgan fingerprint density at radius 3 is 2.83 bits per heavy atom. The number of ether oxygens (including phenoxy) is 1. The van der Waals surface area contributed by atoms with E-state index in [4.69, 9.17) is 4.74 Å². The Balaban J connectivity index is 1.84. The smallest absolute Gasteiger partial charge is 0.152 e. The molecule has 1 N–H and O–H groups in total. The number of rotatable bonds is 3. The molecule has 3 rings (SSSR count). The van der Waals surface area contributed by atoms with Gasteiger partial charge in [0.25, 0.3) is 0 Å². The first-order valence-electron chi connectivity index (χ1n) is 5.63. The van der Waals surface area contributed by atoms with Gasteiger partial charge in [0, 0.05) is 11.6 Å². The molecule has 0 amide bonds. The molecule has 0 saturated carbocycles. The molecule has 2 heterocycles. The molecule has 0 saturated heterocycles. The molecule has 0 aliphatic rings. The predicted octanol–water partition coefficient (Wildman–Crippen LogP) is 3.75. The molecule has 0 atom stereocenters. The lowest BCUT2D eigenvalue weighted by molar-refractivity contribution is 0.303. The summed E-state index contributed by atoms with van der Waals surface area (Å²) in [6, 6.07) is 12.1. The monoisotopic (exact) mass is 350 g/mol. The zero-order valence-electron chi connectivity index (χ0n) is 9.56. The number of H-pyrrole nitrogens is 1. The Labute approximate surface area is 118 Å². The third-order valence-electron chi connectivity index (χ3n) is 2.73. The summed E-state index contributed by atoms with van der Waals surface area (Å²) in [5.74, 6) is 0.826. The van der Waals surface area contributed by atoms with Gasteiger partial charge in [0.15, 0.2) is 5.75 Å². The van der Waals surface area contributed by atoms with Gasteiger partial charge in [0.2, 0.25) is 0 Å². The van der Waals surface area contributed by atoms with Crippen LogP contribution in [0.3, 0.4) is 0 Å². The molecule has 0 aliphatic carbocycles. The summed E-state index contributed by atoms with van der Waals surface area (Å²) >= 11 is 2.29. The Morgan fingerprint density at radius 1 is 1.17 bits per heavy atom. The number of nitrogens with zero attached hydrogens (tertiary/aromatic N) is 1. The van der Waals surface area contributed by atoms with E-state index in [1.807, 2.05) is 30.5 Å². The Hall–Kier alpha value is -1.56. The highest BCUT2D eigenvalue weighted by atomic mass is 127. The highest BCUT2D eigenvalue weighted by Gasteiger charge is 2.08. The first-order valence-corrected chi connectivity index (χ1v) is 6.71. The average molecular weight is 350 g/mol. The van der Waals surface area contributed by atoms with Crippen LogP contribution in [-0.2, 0) is 6.61 Å². The molecular weight excluding hydrogens is 339 g/mol. The van der Waals surface area contributed by atoms with Crippen LogP contribution in [0.5, 0.6) is 5.75 Å². The van der Waals surface area contributed by atoms with Gasteiger partial charge in [-0.25, -0.2) is 4.98 Å². The third kappa shape index (κ3) is 2.20. The molecule has 3 aromatic rings. The number of fused-ring (bicyclic) bond motifs is 1. The first-order chi connectivity index (χ1) is 8.84. The van der Waals surface area contributed by atoms with Crippen molar-refractivity contribution in [2.75, 3.05) is 0 Å². The molecule has 0 bridgehead atoms. The van der Waals surface area contributed by atoms with Crippen LogP contribution in [0.1, 0.15) is 5.56 Å². The Morgan fingerprint density at radius 2 is 2.00 bits per heavy atom. The first kappa shape index (κ1) is 11.5. The van der Waals surface area contributed by atoms with Gasteiger partial charge in [0.1, 0.15) is 12.3 Å². The van der Waals surface area contributed by atoms with Crippen LogP contribution in [0.4, 0.5) is 0 Å². The lowest BCUT2D eigenvalue weighted by Gasteiger charge is -2.08. The second-order valence-electron chi connectivity index (χ2n) is 3.95. The summed E-state index contributed by atoms with van der Waals surface area (Å²) in [5, 5.41) is 1.10. The molecule has 0 aliphatic heterocycles. The normalized spacial score (nSPS) is 10.7. The minimum atomic E-state index is 0.564. The number of aromatic amines is 1. The van der Waals surface area contributed by atoms with Crippen LogP contribution in [0, 0.1) is 3.57 Å². The molecule has 1 aromatic carbocycles. The summed E-state index contributed by atoms with van der Waals surface area (Å²) < 4.78 is 6.91. The van der Waals surface area contributed by atoms with Gasteiger partial charge in [-0.15, -0.1) is 0 Å². The fraction of sp³-hybridized carbons (Fsp3) is 0.0714. The Bertz CT molecular complexity index is 664. The van der Waals surface area contributed by atoms with Gasteiger partial charge in [-0.1, -0.05) is 30.3 Å². The van der Waals surface area contributed by atoms with Crippen LogP contribution in [0.25, 0.3) is 11.0 Å². The standard InChI is InChI=1S/C14H11IN2O/c15-13-11-6-7-16-14(11)17-8-12(13)18-9-10-4-2-1-3-5-10/h1-8H,9H2,(H,16,17). The number of pyridine rings is 1. The van der Waals surface area contributed by atoms with Crippen molar-refractivity contribution < 1.29 is 4.74 Å². The maximum Gasteiger partial charge on any atom is 0.152 e. The predicted molar refractivity (Wildman–Crippen MR) is 79.6 cm³/mol. The molecular formula is C14H11IN2O. The van der Waals surface area contributed by atoms with Crippen molar-refractivity contribution in [1.82, 2.24) is 9.97 Å². The van der Waals surface area contributed by atoms with Crippen molar-refractivity contribution in [2.24, 2.45) is 0 Å². The molecule has 2 aromatic heterocycles. The summed E-state index contributed by atoms with van der Waals surface area (Å²) in [7, 11) is 0. The van der Waals surface area contributed by atoms with Crippen molar-refractivity contribution >= 4 is 33.6 Å². The van der Waals surface area contributed by atoms with Gasteiger partial charge < -0.3 is 9.72 Å². The van der Waals surface area contributed by atoms with Crippen molar-refractivity contribution in [1.29, 1.82) is 0 Å². The Kier molecular flexibility index (Phi) is 3.19. The van der Waals surface area contributed by atoms with Gasteiger partial charge in [-0.3, -0.25) is 0 Å². The molecule has 90 valence electrons. The second-order valence-corrected chi connectivity index (χ2v) is 5.03.